The predicted octanol–water partition coefficient (Wildman–Crippen LogP) is 2.96. The van der Waals surface area contributed by atoms with Crippen LogP contribution in [0, 0.1) is 39.9 Å². The number of nitrogens with zero attached hydrogens (tertiary/aromatic N) is 1. The molecule has 4 saturated carbocycles. The SMILES string of the molecule is COC(=O)[C@@]12[C@@H]([C@H]3[C@H](C)C4(CC4)[C@H](C)C[C@]31N1CCOCC1)C2(C)C. The Morgan fingerprint density at radius 1 is 1.16 bits per heavy atom. The van der Waals surface area contributed by atoms with E-state index < -0.39 is 0 Å². The zero-order valence-corrected chi connectivity index (χ0v) is 16.4. The highest BCUT2D eigenvalue weighted by Gasteiger charge is 2.98. The lowest BCUT2D eigenvalue weighted by molar-refractivity contribution is -0.218. The van der Waals surface area contributed by atoms with Gasteiger partial charge in [-0.15, -0.1) is 0 Å². The minimum atomic E-state index is -0.296. The highest BCUT2D eigenvalue weighted by molar-refractivity contribution is 5.88. The number of morpholine rings is 1. The number of methoxy groups -OCH3 is 1. The van der Waals surface area contributed by atoms with E-state index in [0.717, 1.165) is 32.7 Å². The van der Waals surface area contributed by atoms with Gasteiger partial charge in [0.15, 0.2) is 0 Å². The van der Waals surface area contributed by atoms with E-state index in [1.165, 1.54) is 12.8 Å². The summed E-state index contributed by atoms with van der Waals surface area (Å²) in [7, 11) is 1.58. The summed E-state index contributed by atoms with van der Waals surface area (Å²) < 4.78 is 11.1. The third kappa shape index (κ3) is 1.47. The van der Waals surface area contributed by atoms with Crippen molar-refractivity contribution in [3.8, 4) is 0 Å². The molecule has 25 heavy (non-hydrogen) atoms. The van der Waals surface area contributed by atoms with Gasteiger partial charge in [-0.05, 0) is 53.8 Å². The lowest BCUT2D eigenvalue weighted by Gasteiger charge is -2.67. The summed E-state index contributed by atoms with van der Waals surface area (Å²) >= 11 is 0. The van der Waals surface area contributed by atoms with Crippen molar-refractivity contribution in [3.05, 3.63) is 0 Å². The van der Waals surface area contributed by atoms with E-state index in [-0.39, 0.29) is 22.3 Å². The van der Waals surface area contributed by atoms with E-state index in [4.69, 9.17) is 9.47 Å². The average Bonchev–Trinajstić information content (AvgIpc) is 3.46. The van der Waals surface area contributed by atoms with Gasteiger partial charge in [0, 0.05) is 18.6 Å². The van der Waals surface area contributed by atoms with Crippen LogP contribution in [-0.2, 0) is 14.3 Å². The van der Waals surface area contributed by atoms with Crippen LogP contribution in [0.4, 0.5) is 0 Å². The Balaban J connectivity index is 1.65. The first-order valence-corrected chi connectivity index (χ1v) is 10.2. The summed E-state index contributed by atoms with van der Waals surface area (Å²) in [5.41, 5.74) is 0.305. The second-order valence-electron chi connectivity index (χ2n) is 10.2. The molecule has 5 aliphatic rings. The van der Waals surface area contributed by atoms with Crippen molar-refractivity contribution in [2.75, 3.05) is 33.4 Å². The molecule has 0 amide bonds. The molecule has 0 N–H and O–H groups in total. The maximum atomic E-state index is 13.2. The van der Waals surface area contributed by atoms with Crippen molar-refractivity contribution in [1.29, 1.82) is 0 Å². The van der Waals surface area contributed by atoms with Crippen LogP contribution in [0.25, 0.3) is 0 Å². The Labute approximate surface area is 151 Å². The van der Waals surface area contributed by atoms with Gasteiger partial charge in [-0.2, -0.15) is 0 Å². The Kier molecular flexibility index (Phi) is 3.06. The third-order valence-corrected chi connectivity index (χ3v) is 9.72. The molecule has 0 unspecified atom stereocenters. The van der Waals surface area contributed by atoms with Gasteiger partial charge in [0.25, 0.3) is 0 Å². The van der Waals surface area contributed by atoms with Crippen LogP contribution in [0.1, 0.15) is 47.0 Å². The fourth-order valence-electron chi connectivity index (χ4n) is 8.64. The van der Waals surface area contributed by atoms with E-state index in [0.29, 0.717) is 29.1 Å². The van der Waals surface area contributed by atoms with Crippen molar-refractivity contribution in [2.24, 2.45) is 39.9 Å². The fraction of sp³-hybridized carbons (Fsp3) is 0.952. The molecule has 1 aliphatic heterocycles. The third-order valence-electron chi connectivity index (χ3n) is 9.72. The maximum absolute atomic E-state index is 13.2. The Bertz CT molecular complexity index is 621. The van der Waals surface area contributed by atoms with Crippen molar-refractivity contribution in [3.63, 3.8) is 0 Å². The molecule has 6 atom stereocenters. The molecular formula is C21H33NO3. The van der Waals surface area contributed by atoms with E-state index in [2.05, 4.69) is 32.6 Å². The zero-order chi connectivity index (χ0) is 17.8. The molecular weight excluding hydrogens is 314 g/mol. The van der Waals surface area contributed by atoms with E-state index >= 15 is 0 Å². The zero-order valence-electron chi connectivity index (χ0n) is 16.4. The van der Waals surface area contributed by atoms with Gasteiger partial charge < -0.3 is 9.47 Å². The van der Waals surface area contributed by atoms with Gasteiger partial charge in [0.1, 0.15) is 0 Å². The molecule has 5 rings (SSSR count). The van der Waals surface area contributed by atoms with E-state index in [9.17, 15) is 4.79 Å². The fourth-order valence-corrected chi connectivity index (χ4v) is 8.64. The van der Waals surface area contributed by atoms with Crippen molar-refractivity contribution < 1.29 is 14.3 Å². The standard InChI is InChI=1S/C21H33NO3/c1-13-12-20(22-8-10-25-11-9-22)15(14(2)19(13)6-7-19)16-18(3,4)21(16,20)17(23)24-5/h13-16H,6-12H2,1-5H3/t13-,14+,15-,16+,20+,21-/m1/s1. The molecule has 4 aliphatic carbocycles. The maximum Gasteiger partial charge on any atom is 0.314 e. The molecule has 4 nitrogen and oxygen atoms in total. The van der Waals surface area contributed by atoms with Crippen LogP contribution < -0.4 is 0 Å². The van der Waals surface area contributed by atoms with Gasteiger partial charge in [0.2, 0.25) is 0 Å². The summed E-state index contributed by atoms with van der Waals surface area (Å²) in [4.78, 5) is 15.8. The number of hydrogen-bond donors (Lipinski definition) is 0. The summed E-state index contributed by atoms with van der Waals surface area (Å²) in [5, 5.41) is 0. The summed E-state index contributed by atoms with van der Waals surface area (Å²) in [6.45, 7) is 13.1. The molecule has 0 radical (unpaired) electrons. The molecule has 0 aromatic heterocycles. The van der Waals surface area contributed by atoms with Crippen LogP contribution in [0.5, 0.6) is 0 Å². The molecule has 0 aromatic carbocycles. The molecule has 5 fully saturated rings. The molecule has 1 saturated heterocycles. The van der Waals surface area contributed by atoms with Crippen molar-refractivity contribution >= 4 is 5.97 Å². The summed E-state index contributed by atoms with van der Waals surface area (Å²) in [5.74, 6) is 2.59. The van der Waals surface area contributed by atoms with Gasteiger partial charge in [0.05, 0.1) is 25.7 Å². The number of esters is 1. The lowest BCUT2D eigenvalue weighted by Crippen LogP contribution is -2.76. The molecule has 1 heterocycles. The first-order valence-electron chi connectivity index (χ1n) is 10.2. The van der Waals surface area contributed by atoms with Gasteiger partial charge in [-0.1, -0.05) is 27.7 Å². The van der Waals surface area contributed by atoms with Gasteiger partial charge >= 0.3 is 5.97 Å². The number of fused-ring (bicyclic) bond motifs is 4. The number of ether oxygens (including phenoxy) is 2. The highest BCUT2D eigenvalue weighted by atomic mass is 16.5. The van der Waals surface area contributed by atoms with Crippen molar-refractivity contribution in [2.45, 2.75) is 52.5 Å². The largest absolute Gasteiger partial charge is 0.469 e. The number of carbonyl (C=O) groups excluding carboxylic acids is 1. The summed E-state index contributed by atoms with van der Waals surface area (Å²) in [6.07, 6.45) is 3.95. The van der Waals surface area contributed by atoms with Crippen LogP contribution in [-0.4, -0.2) is 49.8 Å². The first-order chi connectivity index (χ1) is 11.8. The lowest BCUT2D eigenvalue weighted by atomic mass is 9.44. The number of rotatable bonds is 2. The highest BCUT2D eigenvalue weighted by Crippen LogP contribution is 2.93. The van der Waals surface area contributed by atoms with Gasteiger partial charge in [-0.3, -0.25) is 9.69 Å². The van der Waals surface area contributed by atoms with Gasteiger partial charge in [-0.25, -0.2) is 0 Å². The molecule has 1 spiro atoms. The molecule has 0 bridgehead atoms. The second kappa shape index (κ2) is 4.62. The average molecular weight is 347 g/mol. The normalized spacial score (nSPS) is 51.9. The number of hydrogen-bond acceptors (Lipinski definition) is 4. The Morgan fingerprint density at radius 2 is 1.80 bits per heavy atom. The van der Waals surface area contributed by atoms with Crippen LogP contribution in [0.2, 0.25) is 0 Å². The second-order valence-corrected chi connectivity index (χ2v) is 10.2. The first kappa shape index (κ1) is 16.6. The molecule has 4 heteroatoms. The monoisotopic (exact) mass is 347 g/mol. The smallest absolute Gasteiger partial charge is 0.314 e. The minimum absolute atomic E-state index is 0.00921. The van der Waals surface area contributed by atoms with Crippen molar-refractivity contribution in [1.82, 2.24) is 4.90 Å². The van der Waals surface area contributed by atoms with E-state index in [1.54, 1.807) is 7.11 Å². The van der Waals surface area contributed by atoms with Crippen LogP contribution in [0.3, 0.4) is 0 Å². The number of carbonyl (C=O) groups is 1. The Hall–Kier alpha value is -0.610. The predicted molar refractivity (Wildman–Crippen MR) is 94.9 cm³/mol. The molecule has 140 valence electrons. The molecule has 0 aromatic rings. The Morgan fingerprint density at radius 3 is 2.36 bits per heavy atom. The quantitative estimate of drug-likeness (QED) is 0.720. The topological polar surface area (TPSA) is 38.8 Å². The summed E-state index contributed by atoms with van der Waals surface area (Å²) in [6, 6.07) is 0. The minimum Gasteiger partial charge on any atom is -0.469 e. The van der Waals surface area contributed by atoms with E-state index in [1.807, 2.05) is 0 Å². The van der Waals surface area contributed by atoms with Crippen LogP contribution >= 0.6 is 0 Å². The van der Waals surface area contributed by atoms with Crippen LogP contribution in [0.15, 0.2) is 0 Å².